The lowest BCUT2D eigenvalue weighted by atomic mass is 9.87. The summed E-state index contributed by atoms with van der Waals surface area (Å²) >= 11 is 0. The van der Waals surface area contributed by atoms with Gasteiger partial charge >= 0.3 is 0 Å². The molecule has 0 aromatic carbocycles. The quantitative estimate of drug-likeness (QED) is 0.156. The lowest BCUT2D eigenvalue weighted by Gasteiger charge is -2.21. The van der Waals surface area contributed by atoms with Crippen LogP contribution in [-0.2, 0) is 33.4 Å². The van der Waals surface area contributed by atoms with E-state index in [1.807, 2.05) is 0 Å². The number of nitrogens with one attached hydrogen (secondary N) is 2. The van der Waals surface area contributed by atoms with Crippen molar-refractivity contribution in [3.05, 3.63) is 37.5 Å². The summed E-state index contributed by atoms with van der Waals surface area (Å²) in [5.41, 5.74) is 5.29. The number of amides is 4. The number of methoxy groups -OCH3 is 1. The van der Waals surface area contributed by atoms with E-state index in [9.17, 15) is 19.2 Å². The summed E-state index contributed by atoms with van der Waals surface area (Å²) in [5.74, 6) is -4.93. The summed E-state index contributed by atoms with van der Waals surface area (Å²) in [5, 5.41) is 9.76. The Morgan fingerprint density at radius 1 is 0.914 bits per heavy atom. The molecule has 12 heteroatoms. The first-order valence-electron chi connectivity index (χ1n) is 11.3. The Balaban J connectivity index is 1.54. The molecule has 4 amide bonds. The molecule has 0 bridgehead atoms. The average molecular weight is 488 g/mol. The number of imide groups is 2. The molecule has 35 heavy (non-hydrogen) atoms. The van der Waals surface area contributed by atoms with E-state index in [4.69, 9.17) is 25.4 Å². The zero-order valence-electron chi connectivity index (χ0n) is 19.3. The molecule has 4 fully saturated rings. The molecular formula is C23H29N5O7. The molecule has 8 atom stereocenters. The van der Waals surface area contributed by atoms with Gasteiger partial charge in [-0.1, -0.05) is 24.3 Å². The van der Waals surface area contributed by atoms with Gasteiger partial charge in [0.25, 0.3) is 0 Å². The van der Waals surface area contributed by atoms with Gasteiger partial charge in [0.1, 0.15) is 6.67 Å². The highest BCUT2D eigenvalue weighted by atomic mass is 16.5. The number of carbonyl (C=O) groups is 4. The second-order valence-corrected chi connectivity index (χ2v) is 8.76. The third kappa shape index (κ3) is 4.07. The molecule has 0 aliphatic carbocycles. The first kappa shape index (κ1) is 24.8. The molecular weight excluding hydrogens is 458 g/mol. The van der Waals surface area contributed by atoms with E-state index in [1.165, 1.54) is 24.2 Å². The standard InChI is InChI=1S/C23H29N5O7/c1-4-11-15-17(20(30)27(19(15)29)8-9-33-3)13(34-11)6-7-14-18-16(12(5-2)35-14)21(31)28(22(18)32)10-26-23(24)25/h4-7,11-18H,1-2,8-10H2,3H3,(H4,24,25,26)/b7-6-. The predicted molar refractivity (Wildman–Crippen MR) is 121 cm³/mol. The van der Waals surface area contributed by atoms with Crippen molar-refractivity contribution < 1.29 is 33.4 Å². The molecule has 188 valence electrons. The Labute approximate surface area is 202 Å². The number of fused-ring (bicyclic) bond motifs is 2. The van der Waals surface area contributed by atoms with Crippen molar-refractivity contribution in [1.29, 1.82) is 5.41 Å². The Kier molecular flexibility index (Phi) is 6.88. The van der Waals surface area contributed by atoms with Crippen molar-refractivity contribution in [2.24, 2.45) is 29.4 Å². The van der Waals surface area contributed by atoms with Gasteiger partial charge in [0.05, 0.1) is 61.2 Å². The largest absolute Gasteiger partial charge is 0.383 e. The maximum atomic E-state index is 13.0. The molecule has 4 heterocycles. The molecule has 4 aliphatic rings. The van der Waals surface area contributed by atoms with Crippen LogP contribution in [0.4, 0.5) is 0 Å². The highest BCUT2D eigenvalue weighted by molar-refractivity contribution is 6.07. The van der Waals surface area contributed by atoms with Gasteiger partial charge in [0.2, 0.25) is 23.6 Å². The molecule has 0 radical (unpaired) electrons. The first-order valence-corrected chi connectivity index (χ1v) is 11.3. The third-order valence-electron chi connectivity index (χ3n) is 6.92. The van der Waals surface area contributed by atoms with Crippen LogP contribution in [0.2, 0.25) is 0 Å². The van der Waals surface area contributed by atoms with Gasteiger partial charge in [-0.05, 0) is 0 Å². The van der Waals surface area contributed by atoms with Crippen LogP contribution >= 0.6 is 0 Å². The Hall–Kier alpha value is -3.35. The van der Waals surface area contributed by atoms with Gasteiger partial charge in [-0.2, -0.15) is 0 Å². The van der Waals surface area contributed by atoms with E-state index in [-0.39, 0.29) is 37.6 Å². The molecule has 4 N–H and O–H groups in total. The lowest BCUT2D eigenvalue weighted by molar-refractivity contribution is -0.144. The van der Waals surface area contributed by atoms with Gasteiger partial charge in [-0.3, -0.25) is 34.4 Å². The number of guanidine groups is 1. The van der Waals surface area contributed by atoms with E-state index >= 15 is 0 Å². The normalized spacial score (nSPS) is 36.3. The van der Waals surface area contributed by atoms with Gasteiger partial charge in [-0.15, -0.1) is 13.2 Å². The third-order valence-corrected chi connectivity index (χ3v) is 6.92. The molecule has 0 saturated carbocycles. The first-order chi connectivity index (χ1) is 16.7. The number of nitrogens with zero attached hydrogens (tertiary/aromatic N) is 2. The summed E-state index contributed by atoms with van der Waals surface area (Å²) in [6.07, 6.45) is 3.37. The van der Waals surface area contributed by atoms with Crippen LogP contribution in [0.25, 0.3) is 0 Å². The van der Waals surface area contributed by atoms with E-state index in [0.29, 0.717) is 0 Å². The second-order valence-electron chi connectivity index (χ2n) is 8.76. The predicted octanol–water partition coefficient (Wildman–Crippen LogP) is -1.26. The molecule has 4 aliphatic heterocycles. The van der Waals surface area contributed by atoms with Crippen LogP contribution in [0, 0.1) is 29.1 Å². The minimum Gasteiger partial charge on any atom is -0.383 e. The fourth-order valence-corrected chi connectivity index (χ4v) is 5.31. The maximum absolute atomic E-state index is 13.0. The summed E-state index contributed by atoms with van der Waals surface area (Å²) in [7, 11) is 1.49. The second kappa shape index (κ2) is 9.72. The van der Waals surface area contributed by atoms with Gasteiger partial charge in [0, 0.05) is 7.11 Å². The molecule has 0 spiro atoms. The Morgan fingerprint density at radius 3 is 1.74 bits per heavy atom. The molecule has 0 aromatic rings. The fourth-order valence-electron chi connectivity index (χ4n) is 5.31. The number of hydrogen-bond donors (Lipinski definition) is 3. The number of nitrogens with two attached hydrogens (primary N) is 1. The number of hydrogen-bond acceptors (Lipinski definition) is 8. The van der Waals surface area contributed by atoms with Crippen LogP contribution in [0.5, 0.6) is 0 Å². The highest BCUT2D eigenvalue weighted by Crippen LogP contribution is 2.44. The SMILES string of the molecule is C=CC1OC(/C=C\C2OC(C=C)C3C(=O)N(CNC(=N)N)C(=O)C23)C2C(=O)N(CCOC)C(=O)C12. The van der Waals surface area contributed by atoms with Crippen molar-refractivity contribution in [2.45, 2.75) is 24.4 Å². The van der Waals surface area contributed by atoms with Crippen molar-refractivity contribution in [3.8, 4) is 0 Å². The number of rotatable bonds is 9. The number of ether oxygens (including phenoxy) is 3. The molecule has 0 aromatic heterocycles. The van der Waals surface area contributed by atoms with Gasteiger partial charge in [0.15, 0.2) is 5.96 Å². The minimum atomic E-state index is -0.804. The van der Waals surface area contributed by atoms with Crippen LogP contribution in [-0.4, -0.2) is 90.7 Å². The van der Waals surface area contributed by atoms with E-state index in [0.717, 1.165) is 4.90 Å². The van der Waals surface area contributed by atoms with Crippen molar-refractivity contribution >= 4 is 29.6 Å². The summed E-state index contributed by atoms with van der Waals surface area (Å²) < 4.78 is 16.9. The summed E-state index contributed by atoms with van der Waals surface area (Å²) in [6.45, 7) is 7.61. The van der Waals surface area contributed by atoms with Crippen LogP contribution in [0.3, 0.4) is 0 Å². The minimum absolute atomic E-state index is 0.152. The van der Waals surface area contributed by atoms with Crippen LogP contribution < -0.4 is 11.1 Å². The van der Waals surface area contributed by atoms with Gasteiger partial charge < -0.3 is 25.3 Å². The van der Waals surface area contributed by atoms with Crippen LogP contribution in [0.15, 0.2) is 37.5 Å². The summed E-state index contributed by atoms with van der Waals surface area (Å²) in [4.78, 5) is 54.0. The molecule has 4 rings (SSSR count). The Morgan fingerprint density at radius 2 is 1.34 bits per heavy atom. The maximum Gasteiger partial charge on any atom is 0.237 e. The van der Waals surface area contributed by atoms with Gasteiger partial charge in [-0.25, -0.2) is 0 Å². The van der Waals surface area contributed by atoms with E-state index < -0.39 is 59.9 Å². The number of likely N-dealkylation sites (tertiary alicyclic amines) is 2. The van der Waals surface area contributed by atoms with Crippen molar-refractivity contribution in [3.63, 3.8) is 0 Å². The van der Waals surface area contributed by atoms with Crippen LogP contribution in [0.1, 0.15) is 0 Å². The molecule has 12 nitrogen and oxygen atoms in total. The van der Waals surface area contributed by atoms with E-state index in [2.05, 4.69) is 18.5 Å². The topological polar surface area (TPSA) is 164 Å². The smallest absolute Gasteiger partial charge is 0.237 e. The van der Waals surface area contributed by atoms with Crippen molar-refractivity contribution in [1.82, 2.24) is 15.1 Å². The average Bonchev–Trinajstić information content (AvgIpc) is 3.52. The summed E-state index contributed by atoms with van der Waals surface area (Å²) in [6, 6.07) is 0. The van der Waals surface area contributed by atoms with Crippen molar-refractivity contribution in [2.75, 3.05) is 26.9 Å². The number of carbonyl (C=O) groups excluding carboxylic acids is 4. The monoisotopic (exact) mass is 487 g/mol. The molecule has 4 saturated heterocycles. The van der Waals surface area contributed by atoms with E-state index in [1.54, 1.807) is 12.2 Å². The fraction of sp³-hybridized carbons (Fsp3) is 0.522. The zero-order valence-corrected chi connectivity index (χ0v) is 19.3. The lowest BCUT2D eigenvalue weighted by Crippen LogP contribution is -2.45. The zero-order chi connectivity index (χ0) is 25.4. The molecule has 8 unspecified atom stereocenters. The highest BCUT2D eigenvalue weighted by Gasteiger charge is 2.60. The Bertz CT molecular complexity index is 997.